The number of hydrogen-bond donors (Lipinski definition) is 5. The van der Waals surface area contributed by atoms with Crippen LogP contribution in [0.2, 0.25) is 5.02 Å². The van der Waals surface area contributed by atoms with Crippen LogP contribution in [-0.2, 0) is 6.42 Å². The number of rotatable bonds is 12. The fraction of sp³-hybridized carbons (Fsp3) is 0.345. The number of nitrogens with two attached hydrogens (primary N) is 3. The number of nitrogens with zero attached hydrogens (tertiary/aromatic N) is 2. The van der Waals surface area contributed by atoms with Crippen molar-refractivity contribution in [3.8, 4) is 16.9 Å². The molecule has 10 heteroatoms. The fourth-order valence-electron chi connectivity index (χ4n) is 4.67. The number of benzene rings is 2. The maximum atomic E-state index is 15.0. The van der Waals surface area contributed by atoms with E-state index in [9.17, 15) is 4.79 Å². The number of fused-ring (bicyclic) bond motifs is 1. The largest absolute Gasteiger partial charge is 0.388 e. The Morgan fingerprint density at radius 3 is 2.56 bits per heavy atom. The van der Waals surface area contributed by atoms with Crippen molar-refractivity contribution >= 4 is 28.5 Å². The summed E-state index contributed by atoms with van der Waals surface area (Å²) in [4.78, 5) is 20.1. The Morgan fingerprint density at radius 1 is 1.13 bits per heavy atom. The molecule has 0 unspecified atom stereocenters. The summed E-state index contributed by atoms with van der Waals surface area (Å²) in [6.07, 6.45) is 7.21. The fourth-order valence-corrected chi connectivity index (χ4v) is 4.91. The molecule has 39 heavy (non-hydrogen) atoms. The topological polar surface area (TPSA) is 153 Å². The second kappa shape index (κ2) is 12.5. The maximum absolute atomic E-state index is 15.0. The van der Waals surface area contributed by atoms with E-state index in [1.807, 2.05) is 31.2 Å². The molecule has 0 amide bonds. The minimum atomic E-state index is -0.525. The number of H-pyrrole nitrogens is 1. The lowest BCUT2D eigenvalue weighted by Crippen LogP contribution is -2.20. The Balaban J connectivity index is 1.56. The highest BCUT2D eigenvalue weighted by Crippen LogP contribution is 2.31. The maximum Gasteiger partial charge on any atom is 0.354 e. The minimum Gasteiger partial charge on any atom is -0.388 e. The lowest BCUT2D eigenvalue weighted by molar-refractivity contribution is 0.593. The van der Waals surface area contributed by atoms with Crippen LogP contribution in [0.25, 0.3) is 28.0 Å². The van der Waals surface area contributed by atoms with Crippen LogP contribution in [0.5, 0.6) is 0 Å². The molecule has 8 nitrogen and oxygen atoms in total. The van der Waals surface area contributed by atoms with Crippen molar-refractivity contribution in [2.75, 3.05) is 0 Å². The van der Waals surface area contributed by atoms with Gasteiger partial charge in [-0.15, -0.1) is 0 Å². The van der Waals surface area contributed by atoms with Gasteiger partial charge in [-0.3, -0.25) is 9.98 Å². The number of aromatic nitrogens is 3. The van der Waals surface area contributed by atoms with E-state index in [4.69, 9.17) is 34.2 Å². The molecule has 0 saturated carbocycles. The first-order valence-corrected chi connectivity index (χ1v) is 13.5. The molecule has 0 aliphatic rings. The van der Waals surface area contributed by atoms with Crippen molar-refractivity contribution in [1.82, 2.24) is 14.5 Å². The van der Waals surface area contributed by atoms with Crippen molar-refractivity contribution in [1.29, 1.82) is 5.41 Å². The molecule has 4 rings (SSSR count). The van der Waals surface area contributed by atoms with Gasteiger partial charge in [0, 0.05) is 35.7 Å². The molecule has 2 aromatic heterocycles. The molecule has 4 aromatic rings. The number of unbranched alkanes of at least 4 members (excludes halogenated alkanes) is 1. The number of nitrogens with one attached hydrogen (secondary N) is 2. The quantitative estimate of drug-likeness (QED) is 0.0913. The summed E-state index contributed by atoms with van der Waals surface area (Å²) in [5.41, 5.74) is 20.8. The molecule has 2 heterocycles. The van der Waals surface area contributed by atoms with Gasteiger partial charge in [-0.2, -0.15) is 4.98 Å². The first-order chi connectivity index (χ1) is 18.6. The number of hydrogen-bond acceptors (Lipinski definition) is 5. The molecule has 8 N–H and O–H groups in total. The summed E-state index contributed by atoms with van der Waals surface area (Å²) in [5, 5.41) is 8.02. The SMILES string of the molecule is C[C@H](N)CCCc1cc(Cl)c(F)c(-c2cc3cn(-c4ccc([C@@H](N)CCCCC(=N)N)cc4)c(=O)nc3[nH]2)c1. The van der Waals surface area contributed by atoms with Crippen LogP contribution < -0.4 is 22.9 Å². The van der Waals surface area contributed by atoms with E-state index >= 15 is 4.39 Å². The normalized spacial score (nSPS) is 13.1. The van der Waals surface area contributed by atoms with Crippen LogP contribution in [0, 0.1) is 11.2 Å². The van der Waals surface area contributed by atoms with E-state index in [1.165, 1.54) is 4.57 Å². The van der Waals surface area contributed by atoms with Crippen molar-refractivity contribution in [2.45, 2.75) is 64.0 Å². The molecule has 0 bridgehead atoms. The van der Waals surface area contributed by atoms with Crippen LogP contribution in [0.4, 0.5) is 4.39 Å². The Bertz CT molecular complexity index is 1510. The predicted octanol–water partition coefficient (Wildman–Crippen LogP) is 5.34. The average molecular weight is 552 g/mol. The van der Waals surface area contributed by atoms with Gasteiger partial charge in [-0.1, -0.05) is 30.2 Å². The van der Waals surface area contributed by atoms with Gasteiger partial charge < -0.3 is 22.2 Å². The molecule has 2 atom stereocenters. The van der Waals surface area contributed by atoms with E-state index in [-0.39, 0.29) is 22.9 Å². The predicted molar refractivity (Wildman–Crippen MR) is 156 cm³/mol. The average Bonchev–Trinajstić information content (AvgIpc) is 3.30. The van der Waals surface area contributed by atoms with Crippen molar-refractivity contribution < 1.29 is 4.39 Å². The Kier molecular flexibility index (Phi) is 9.16. The zero-order chi connectivity index (χ0) is 28.1. The van der Waals surface area contributed by atoms with Crippen LogP contribution in [0.15, 0.2) is 53.5 Å². The molecule has 0 fully saturated rings. The molecule has 0 aliphatic heterocycles. The molecule has 0 aliphatic carbocycles. The summed E-state index contributed by atoms with van der Waals surface area (Å²) in [5.74, 6) is -0.337. The van der Waals surface area contributed by atoms with Crippen molar-refractivity contribution in [3.63, 3.8) is 0 Å². The number of aryl methyl sites for hydroxylation is 1. The third-order valence-electron chi connectivity index (χ3n) is 6.82. The first kappa shape index (κ1) is 28.5. The Labute approximate surface area is 231 Å². The summed E-state index contributed by atoms with van der Waals surface area (Å²) < 4.78 is 16.5. The molecule has 2 aromatic carbocycles. The number of halogens is 2. The van der Waals surface area contributed by atoms with Crippen LogP contribution in [0.3, 0.4) is 0 Å². The second-order valence-corrected chi connectivity index (χ2v) is 10.6. The molecule has 0 radical (unpaired) electrons. The van der Waals surface area contributed by atoms with Gasteiger partial charge in [0.05, 0.1) is 22.2 Å². The molecule has 206 valence electrons. The summed E-state index contributed by atoms with van der Waals surface area (Å²) >= 11 is 6.22. The van der Waals surface area contributed by atoms with E-state index in [2.05, 4.69) is 9.97 Å². The monoisotopic (exact) mass is 551 g/mol. The molecule has 0 saturated heterocycles. The van der Waals surface area contributed by atoms with Gasteiger partial charge in [0.2, 0.25) is 0 Å². The molecular weight excluding hydrogens is 517 g/mol. The summed E-state index contributed by atoms with van der Waals surface area (Å²) in [6, 6.07) is 12.6. The van der Waals surface area contributed by atoms with Crippen LogP contribution >= 0.6 is 11.6 Å². The highest BCUT2D eigenvalue weighted by Gasteiger charge is 2.16. The summed E-state index contributed by atoms with van der Waals surface area (Å²) in [7, 11) is 0. The highest BCUT2D eigenvalue weighted by molar-refractivity contribution is 6.31. The van der Waals surface area contributed by atoms with Crippen molar-refractivity contribution in [3.05, 3.63) is 81.1 Å². The third-order valence-corrected chi connectivity index (χ3v) is 7.10. The zero-order valence-electron chi connectivity index (χ0n) is 22.0. The molecule has 0 spiro atoms. The van der Waals surface area contributed by atoms with Gasteiger partial charge in [0.1, 0.15) is 5.65 Å². The van der Waals surface area contributed by atoms with E-state index in [0.717, 1.165) is 49.7 Å². The van der Waals surface area contributed by atoms with E-state index in [0.29, 0.717) is 34.4 Å². The zero-order valence-corrected chi connectivity index (χ0v) is 22.8. The third kappa shape index (κ3) is 7.11. The first-order valence-electron chi connectivity index (χ1n) is 13.2. The van der Waals surface area contributed by atoms with Crippen LogP contribution in [0.1, 0.15) is 62.6 Å². The Hall–Kier alpha value is -3.53. The smallest absolute Gasteiger partial charge is 0.354 e. The second-order valence-electron chi connectivity index (χ2n) is 10.2. The van der Waals surface area contributed by atoms with Crippen molar-refractivity contribution in [2.24, 2.45) is 17.2 Å². The summed E-state index contributed by atoms with van der Waals surface area (Å²) in [6.45, 7) is 1.96. The Morgan fingerprint density at radius 2 is 1.87 bits per heavy atom. The van der Waals surface area contributed by atoms with Gasteiger partial charge in [-0.05, 0) is 80.5 Å². The van der Waals surface area contributed by atoms with E-state index in [1.54, 1.807) is 24.4 Å². The van der Waals surface area contributed by atoms with Gasteiger partial charge in [-0.25, -0.2) is 9.18 Å². The standard InChI is InChI=1S/C29H35ClFN7O/c1-17(32)5-4-6-18-13-22(27(31)23(30)14-18)25-15-20-16-38(29(39)37-28(20)36-25)21-11-9-19(10-12-21)24(33)7-2-3-8-26(34)35/h9-17,24H,2-8,32-33H2,1H3,(H3,34,35)(H,36,37,39)/t17-,24-/m0/s1. The minimum absolute atomic E-state index is 0.0478. The van der Waals surface area contributed by atoms with Crippen LogP contribution in [-0.4, -0.2) is 26.4 Å². The van der Waals surface area contributed by atoms with Gasteiger partial charge in [0.15, 0.2) is 5.82 Å². The molecular formula is C29H35ClFN7O. The number of aromatic amines is 1. The highest BCUT2D eigenvalue weighted by atomic mass is 35.5. The van der Waals surface area contributed by atoms with Gasteiger partial charge >= 0.3 is 5.69 Å². The lowest BCUT2D eigenvalue weighted by Gasteiger charge is -2.13. The lowest BCUT2D eigenvalue weighted by atomic mass is 10.0. The number of amidine groups is 1. The van der Waals surface area contributed by atoms with E-state index < -0.39 is 11.5 Å². The van der Waals surface area contributed by atoms with Gasteiger partial charge in [0.25, 0.3) is 0 Å².